The lowest BCUT2D eigenvalue weighted by Gasteiger charge is -2.17. The van der Waals surface area contributed by atoms with E-state index in [9.17, 15) is 4.79 Å². The Morgan fingerprint density at radius 3 is 1.74 bits per heavy atom. The zero-order chi connectivity index (χ0) is 24.8. The van der Waals surface area contributed by atoms with Crippen LogP contribution in [0.25, 0.3) is 6.08 Å². The molecule has 34 heavy (non-hydrogen) atoms. The Balaban J connectivity index is 2.44. The minimum Gasteiger partial charge on any atom is -0.496 e. The number of allylic oxidation sites excluding steroid dienone is 1. The molecule has 10 nitrogen and oxygen atoms in total. The number of hydrogen-bond donors (Lipinski definition) is 0. The minimum atomic E-state index is -0.327. The third kappa shape index (κ3) is 7.63. The SMILES string of the molecule is COCOc1cccc(OC)c1/C=C/C(=O)c1cc(OCOC)c(OCOC)c(OCOC)c1. The van der Waals surface area contributed by atoms with Crippen molar-refractivity contribution in [2.45, 2.75) is 0 Å². The first-order valence-electron chi connectivity index (χ1n) is 10.1. The van der Waals surface area contributed by atoms with Crippen LogP contribution in [-0.4, -0.2) is 68.5 Å². The number of methoxy groups -OCH3 is 5. The molecule has 0 atom stereocenters. The number of ketones is 1. The molecule has 2 aromatic rings. The van der Waals surface area contributed by atoms with Gasteiger partial charge < -0.3 is 42.6 Å². The molecule has 2 aromatic carbocycles. The summed E-state index contributed by atoms with van der Waals surface area (Å²) in [7, 11) is 7.49. The summed E-state index contributed by atoms with van der Waals surface area (Å²) in [6, 6.07) is 8.35. The van der Waals surface area contributed by atoms with Crippen LogP contribution in [-0.2, 0) is 18.9 Å². The van der Waals surface area contributed by atoms with Gasteiger partial charge in [0.05, 0.1) is 12.7 Å². The van der Waals surface area contributed by atoms with Crippen LogP contribution in [0.1, 0.15) is 15.9 Å². The molecule has 0 fully saturated rings. The highest BCUT2D eigenvalue weighted by molar-refractivity contribution is 6.07. The van der Waals surface area contributed by atoms with E-state index in [-0.39, 0.29) is 55.8 Å². The summed E-state index contributed by atoms with van der Waals surface area (Å²) in [5, 5.41) is 0. The van der Waals surface area contributed by atoms with Crippen molar-refractivity contribution in [1.29, 1.82) is 0 Å². The number of carbonyl (C=O) groups excluding carboxylic acids is 1. The predicted molar refractivity (Wildman–Crippen MR) is 123 cm³/mol. The van der Waals surface area contributed by atoms with E-state index >= 15 is 0 Å². The van der Waals surface area contributed by atoms with Gasteiger partial charge in [0.1, 0.15) is 11.5 Å². The maximum Gasteiger partial charge on any atom is 0.206 e. The maximum absolute atomic E-state index is 13.1. The Labute approximate surface area is 198 Å². The number of benzene rings is 2. The molecular formula is C24H30O10. The van der Waals surface area contributed by atoms with Gasteiger partial charge in [0.2, 0.25) is 5.75 Å². The van der Waals surface area contributed by atoms with Gasteiger partial charge in [0.15, 0.2) is 44.5 Å². The van der Waals surface area contributed by atoms with E-state index < -0.39 is 0 Å². The highest BCUT2D eigenvalue weighted by Crippen LogP contribution is 2.39. The zero-order valence-corrected chi connectivity index (χ0v) is 20.0. The fourth-order valence-corrected chi connectivity index (χ4v) is 2.81. The lowest BCUT2D eigenvalue weighted by atomic mass is 10.1. The number of rotatable bonds is 16. The molecule has 0 radical (unpaired) electrons. The van der Waals surface area contributed by atoms with Crippen LogP contribution in [0.15, 0.2) is 36.4 Å². The van der Waals surface area contributed by atoms with E-state index in [2.05, 4.69) is 0 Å². The van der Waals surface area contributed by atoms with Crippen molar-refractivity contribution in [3.8, 4) is 28.7 Å². The Bertz CT molecular complexity index is 912. The summed E-state index contributed by atoms with van der Waals surface area (Å²) in [6.07, 6.45) is 3.00. The molecule has 0 saturated heterocycles. The molecule has 0 unspecified atom stereocenters. The largest absolute Gasteiger partial charge is 0.496 e. The standard InChI is InChI=1S/C24H30O10/c1-26-13-31-21-8-6-7-20(30-5)18(21)9-10-19(25)17-11-22(32-14-27-2)24(34-16-29-4)23(12-17)33-15-28-3/h6-12H,13-16H2,1-5H3/b10-9+. The van der Waals surface area contributed by atoms with Crippen LogP contribution < -0.4 is 23.7 Å². The van der Waals surface area contributed by atoms with Crippen molar-refractivity contribution >= 4 is 11.9 Å². The number of carbonyl (C=O) groups is 1. The topological polar surface area (TPSA) is 100 Å². The molecule has 0 aliphatic rings. The molecule has 10 heteroatoms. The average Bonchev–Trinajstić information content (AvgIpc) is 2.86. The summed E-state index contributed by atoms with van der Waals surface area (Å²) in [5.41, 5.74) is 0.870. The second-order valence-corrected chi connectivity index (χ2v) is 6.57. The molecule has 0 amide bonds. The van der Waals surface area contributed by atoms with Gasteiger partial charge in [-0.05, 0) is 36.4 Å². The van der Waals surface area contributed by atoms with Crippen LogP contribution in [0.4, 0.5) is 0 Å². The van der Waals surface area contributed by atoms with Gasteiger partial charge in [-0.3, -0.25) is 4.79 Å². The fraction of sp³-hybridized carbons (Fsp3) is 0.375. The molecule has 0 aliphatic carbocycles. The predicted octanol–water partition coefficient (Wildman–Crippen LogP) is 3.52. The van der Waals surface area contributed by atoms with E-state index in [4.69, 9.17) is 42.6 Å². The van der Waals surface area contributed by atoms with Crippen molar-refractivity contribution in [3.63, 3.8) is 0 Å². The molecule has 186 valence electrons. The van der Waals surface area contributed by atoms with E-state index in [0.717, 1.165) is 0 Å². The Hall–Kier alpha value is -3.31. The summed E-state index contributed by atoms with van der Waals surface area (Å²) < 4.78 is 47.7. The fourth-order valence-electron chi connectivity index (χ4n) is 2.81. The lowest BCUT2D eigenvalue weighted by molar-refractivity contribution is 0.0217. The average molecular weight is 478 g/mol. The highest BCUT2D eigenvalue weighted by Gasteiger charge is 2.19. The quantitative estimate of drug-likeness (QED) is 0.202. The number of hydrogen-bond acceptors (Lipinski definition) is 10. The Kier molecular flexibility index (Phi) is 11.7. The van der Waals surface area contributed by atoms with Crippen LogP contribution in [0.5, 0.6) is 28.7 Å². The highest BCUT2D eigenvalue weighted by atomic mass is 16.7. The van der Waals surface area contributed by atoms with E-state index in [1.807, 2.05) is 0 Å². The van der Waals surface area contributed by atoms with Crippen molar-refractivity contribution in [2.24, 2.45) is 0 Å². The van der Waals surface area contributed by atoms with Gasteiger partial charge in [-0.2, -0.15) is 0 Å². The first kappa shape index (κ1) is 26.9. The van der Waals surface area contributed by atoms with Crippen molar-refractivity contribution in [3.05, 3.63) is 47.5 Å². The second-order valence-electron chi connectivity index (χ2n) is 6.57. The van der Waals surface area contributed by atoms with Crippen molar-refractivity contribution in [2.75, 3.05) is 62.7 Å². The minimum absolute atomic E-state index is 0.0469. The summed E-state index contributed by atoms with van der Waals surface area (Å²) in [4.78, 5) is 13.1. The normalized spacial score (nSPS) is 10.9. The zero-order valence-electron chi connectivity index (χ0n) is 20.0. The lowest BCUT2D eigenvalue weighted by Crippen LogP contribution is -2.09. The van der Waals surface area contributed by atoms with Crippen LogP contribution in [0, 0.1) is 0 Å². The van der Waals surface area contributed by atoms with Gasteiger partial charge in [0, 0.05) is 34.0 Å². The first-order chi connectivity index (χ1) is 16.6. The molecule has 0 N–H and O–H groups in total. The third-order valence-electron chi connectivity index (χ3n) is 4.27. The van der Waals surface area contributed by atoms with Crippen LogP contribution >= 0.6 is 0 Å². The summed E-state index contributed by atoms with van der Waals surface area (Å²) in [6.45, 7) is -0.146. The summed E-state index contributed by atoms with van der Waals surface area (Å²) >= 11 is 0. The molecule has 0 aliphatic heterocycles. The molecule has 0 spiro atoms. The second kappa shape index (κ2) is 14.8. The van der Waals surface area contributed by atoms with Crippen molar-refractivity contribution in [1.82, 2.24) is 0 Å². The van der Waals surface area contributed by atoms with Gasteiger partial charge in [0.25, 0.3) is 0 Å². The van der Waals surface area contributed by atoms with Crippen LogP contribution in [0.2, 0.25) is 0 Å². The Morgan fingerprint density at radius 1 is 0.706 bits per heavy atom. The van der Waals surface area contributed by atoms with Gasteiger partial charge in [-0.1, -0.05) is 6.07 Å². The molecule has 0 heterocycles. The molecule has 0 bridgehead atoms. The van der Waals surface area contributed by atoms with Crippen LogP contribution in [0.3, 0.4) is 0 Å². The van der Waals surface area contributed by atoms with E-state index in [1.165, 1.54) is 53.8 Å². The van der Waals surface area contributed by atoms with Gasteiger partial charge in [-0.25, -0.2) is 0 Å². The number of ether oxygens (including phenoxy) is 9. The smallest absolute Gasteiger partial charge is 0.206 e. The van der Waals surface area contributed by atoms with Gasteiger partial charge in [-0.15, -0.1) is 0 Å². The van der Waals surface area contributed by atoms with E-state index in [0.29, 0.717) is 17.1 Å². The van der Waals surface area contributed by atoms with E-state index in [1.54, 1.807) is 24.3 Å². The molecule has 0 saturated carbocycles. The summed E-state index contributed by atoms with van der Waals surface area (Å²) in [5.74, 6) is 1.44. The monoisotopic (exact) mass is 478 g/mol. The third-order valence-corrected chi connectivity index (χ3v) is 4.27. The molecule has 2 rings (SSSR count). The maximum atomic E-state index is 13.1. The molecular weight excluding hydrogens is 448 g/mol. The van der Waals surface area contributed by atoms with Crippen molar-refractivity contribution < 1.29 is 47.4 Å². The molecule has 0 aromatic heterocycles. The first-order valence-corrected chi connectivity index (χ1v) is 10.1. The Morgan fingerprint density at radius 2 is 1.21 bits per heavy atom. The van der Waals surface area contributed by atoms with Gasteiger partial charge >= 0.3 is 0 Å².